The quantitative estimate of drug-likeness (QED) is 0.498. The summed E-state index contributed by atoms with van der Waals surface area (Å²) in [6.07, 6.45) is 6.68. The van der Waals surface area contributed by atoms with Crippen LogP contribution in [-0.4, -0.2) is 11.9 Å². The van der Waals surface area contributed by atoms with Crippen LogP contribution in [-0.2, 0) is 0 Å². The predicted octanol–water partition coefficient (Wildman–Crippen LogP) is 4.09. The van der Waals surface area contributed by atoms with Crippen molar-refractivity contribution in [3.05, 3.63) is 34.9 Å². The van der Waals surface area contributed by atoms with Gasteiger partial charge < -0.3 is 5.32 Å². The van der Waals surface area contributed by atoms with E-state index in [9.17, 15) is 22.4 Å². The first-order valence-corrected chi connectivity index (χ1v) is 7.14. The monoisotopic (exact) mass is 303 g/mol. The third kappa shape index (κ3) is 3.74. The zero-order valence-electron chi connectivity index (χ0n) is 11.5. The van der Waals surface area contributed by atoms with Crippen LogP contribution in [0.4, 0.5) is 17.6 Å². The van der Waals surface area contributed by atoms with Crippen molar-refractivity contribution in [2.45, 2.75) is 51.0 Å². The summed E-state index contributed by atoms with van der Waals surface area (Å²) >= 11 is 0. The van der Waals surface area contributed by atoms with Crippen molar-refractivity contribution in [1.82, 2.24) is 5.32 Å². The Morgan fingerprint density at radius 1 is 0.905 bits per heavy atom. The average Bonchev–Trinajstić information content (AvgIpc) is 2.43. The number of benzene rings is 1. The molecule has 1 aliphatic carbocycles. The first kappa shape index (κ1) is 15.8. The van der Waals surface area contributed by atoms with E-state index in [1.54, 1.807) is 0 Å². The molecular formula is C15H17F4NO. The minimum absolute atomic E-state index is 0.145. The molecule has 0 atom stereocenters. The SMILES string of the molecule is O=C(NC1CCCCCCC1)c1cc(F)c(F)c(F)c1F. The van der Waals surface area contributed by atoms with Gasteiger partial charge in [0, 0.05) is 6.04 Å². The Morgan fingerprint density at radius 3 is 2.10 bits per heavy atom. The summed E-state index contributed by atoms with van der Waals surface area (Å²) in [5, 5.41) is 2.58. The van der Waals surface area contributed by atoms with Crippen molar-refractivity contribution in [3.8, 4) is 0 Å². The first-order chi connectivity index (χ1) is 10.0. The molecule has 1 aromatic carbocycles. The molecule has 0 radical (unpaired) electrons. The summed E-state index contributed by atoms with van der Waals surface area (Å²) in [6.45, 7) is 0. The number of rotatable bonds is 2. The van der Waals surface area contributed by atoms with Crippen LogP contribution < -0.4 is 5.32 Å². The summed E-state index contributed by atoms with van der Waals surface area (Å²) in [4.78, 5) is 11.9. The Bertz CT molecular complexity index is 525. The van der Waals surface area contributed by atoms with Crippen LogP contribution in [0, 0.1) is 23.3 Å². The Morgan fingerprint density at radius 2 is 1.48 bits per heavy atom. The Kier molecular flexibility index (Phi) is 5.20. The van der Waals surface area contributed by atoms with E-state index in [4.69, 9.17) is 0 Å². The summed E-state index contributed by atoms with van der Waals surface area (Å²) in [5.41, 5.74) is -0.798. The lowest BCUT2D eigenvalue weighted by atomic mass is 9.96. The maximum atomic E-state index is 13.5. The van der Waals surface area contributed by atoms with E-state index in [1.807, 2.05) is 0 Å². The zero-order chi connectivity index (χ0) is 15.4. The molecule has 1 N–H and O–H groups in total. The summed E-state index contributed by atoms with van der Waals surface area (Å²) in [5.74, 6) is -8.00. The molecule has 6 heteroatoms. The van der Waals surface area contributed by atoms with E-state index in [1.165, 1.54) is 0 Å². The van der Waals surface area contributed by atoms with E-state index in [-0.39, 0.29) is 6.04 Å². The molecule has 0 bridgehead atoms. The number of carbonyl (C=O) groups is 1. The lowest BCUT2D eigenvalue weighted by molar-refractivity contribution is 0.0924. The van der Waals surface area contributed by atoms with Crippen LogP contribution in [0.5, 0.6) is 0 Å². The van der Waals surface area contributed by atoms with Crippen LogP contribution in [0.1, 0.15) is 55.3 Å². The molecule has 1 aromatic rings. The fraction of sp³-hybridized carbons (Fsp3) is 0.533. The minimum Gasteiger partial charge on any atom is -0.349 e. The molecule has 1 fully saturated rings. The molecule has 1 aliphatic rings. The molecule has 21 heavy (non-hydrogen) atoms. The molecule has 1 saturated carbocycles. The van der Waals surface area contributed by atoms with E-state index < -0.39 is 34.7 Å². The summed E-state index contributed by atoms with van der Waals surface area (Å²) in [6, 6.07) is 0.250. The van der Waals surface area contributed by atoms with Crippen LogP contribution in [0.15, 0.2) is 6.07 Å². The van der Waals surface area contributed by atoms with Gasteiger partial charge in [0.1, 0.15) is 0 Å². The lowest BCUT2D eigenvalue weighted by Crippen LogP contribution is -2.36. The van der Waals surface area contributed by atoms with Gasteiger partial charge in [-0.05, 0) is 18.9 Å². The van der Waals surface area contributed by atoms with Gasteiger partial charge in [-0.15, -0.1) is 0 Å². The molecule has 116 valence electrons. The molecule has 0 aromatic heterocycles. The second kappa shape index (κ2) is 6.91. The smallest absolute Gasteiger partial charge is 0.254 e. The van der Waals surface area contributed by atoms with Gasteiger partial charge in [0.05, 0.1) is 5.56 Å². The number of nitrogens with one attached hydrogen (secondary N) is 1. The van der Waals surface area contributed by atoms with E-state index >= 15 is 0 Å². The highest BCUT2D eigenvalue weighted by atomic mass is 19.2. The normalized spacial score (nSPS) is 17.1. The van der Waals surface area contributed by atoms with Gasteiger partial charge in [0.25, 0.3) is 5.91 Å². The second-order valence-corrected chi connectivity index (χ2v) is 5.36. The highest BCUT2D eigenvalue weighted by Crippen LogP contribution is 2.21. The Balaban J connectivity index is 2.12. The summed E-state index contributed by atoms with van der Waals surface area (Å²) < 4.78 is 52.7. The standard InChI is InChI=1S/C15H17F4NO/c16-11-8-10(12(17)14(19)13(11)18)15(21)20-9-6-4-2-1-3-5-7-9/h8-9H,1-7H2,(H,20,21). The number of hydrogen-bond donors (Lipinski definition) is 1. The molecule has 0 saturated heterocycles. The first-order valence-electron chi connectivity index (χ1n) is 7.14. The minimum atomic E-state index is -1.96. The van der Waals surface area contributed by atoms with Crippen molar-refractivity contribution in [2.24, 2.45) is 0 Å². The molecular weight excluding hydrogens is 286 g/mol. The molecule has 2 nitrogen and oxygen atoms in total. The Labute approximate surface area is 120 Å². The van der Waals surface area contributed by atoms with Gasteiger partial charge in [0.2, 0.25) is 0 Å². The topological polar surface area (TPSA) is 29.1 Å². The van der Waals surface area contributed by atoms with Crippen molar-refractivity contribution >= 4 is 5.91 Å². The molecule has 0 heterocycles. The highest BCUT2D eigenvalue weighted by Gasteiger charge is 2.24. The van der Waals surface area contributed by atoms with Gasteiger partial charge in [-0.1, -0.05) is 32.1 Å². The molecule has 0 aliphatic heterocycles. The van der Waals surface area contributed by atoms with Gasteiger partial charge >= 0.3 is 0 Å². The average molecular weight is 303 g/mol. The van der Waals surface area contributed by atoms with Crippen LogP contribution in [0.3, 0.4) is 0 Å². The molecule has 0 unspecified atom stereocenters. The number of amides is 1. The third-order valence-corrected chi connectivity index (χ3v) is 3.79. The van der Waals surface area contributed by atoms with Crippen LogP contribution >= 0.6 is 0 Å². The van der Waals surface area contributed by atoms with Crippen LogP contribution in [0.2, 0.25) is 0 Å². The largest absolute Gasteiger partial charge is 0.349 e. The summed E-state index contributed by atoms with van der Waals surface area (Å²) in [7, 11) is 0. The Hall–Kier alpha value is -1.59. The third-order valence-electron chi connectivity index (χ3n) is 3.79. The maximum Gasteiger partial charge on any atom is 0.254 e. The fourth-order valence-corrected chi connectivity index (χ4v) is 2.60. The fourth-order valence-electron chi connectivity index (χ4n) is 2.60. The predicted molar refractivity (Wildman–Crippen MR) is 69.8 cm³/mol. The van der Waals surface area contributed by atoms with Gasteiger partial charge in [-0.2, -0.15) is 0 Å². The maximum absolute atomic E-state index is 13.5. The van der Waals surface area contributed by atoms with Gasteiger partial charge in [-0.3, -0.25) is 4.79 Å². The number of carbonyl (C=O) groups excluding carboxylic acids is 1. The molecule has 0 spiro atoms. The highest BCUT2D eigenvalue weighted by molar-refractivity contribution is 5.94. The van der Waals surface area contributed by atoms with Crippen molar-refractivity contribution in [1.29, 1.82) is 0 Å². The second-order valence-electron chi connectivity index (χ2n) is 5.36. The number of hydrogen-bond acceptors (Lipinski definition) is 1. The van der Waals surface area contributed by atoms with Gasteiger partial charge in [-0.25, -0.2) is 17.6 Å². The van der Waals surface area contributed by atoms with Crippen molar-refractivity contribution in [2.75, 3.05) is 0 Å². The van der Waals surface area contributed by atoms with Crippen molar-refractivity contribution < 1.29 is 22.4 Å². The van der Waals surface area contributed by atoms with E-state index in [2.05, 4.69) is 5.32 Å². The van der Waals surface area contributed by atoms with E-state index in [0.29, 0.717) is 6.07 Å². The lowest BCUT2D eigenvalue weighted by Gasteiger charge is -2.21. The zero-order valence-corrected chi connectivity index (χ0v) is 11.5. The van der Waals surface area contributed by atoms with Crippen molar-refractivity contribution in [3.63, 3.8) is 0 Å². The van der Waals surface area contributed by atoms with E-state index in [0.717, 1.165) is 44.9 Å². The number of halogens is 4. The molecule has 2 rings (SSSR count). The van der Waals surface area contributed by atoms with Gasteiger partial charge in [0.15, 0.2) is 23.3 Å². The molecule has 1 amide bonds. The van der Waals surface area contributed by atoms with Crippen LogP contribution in [0.25, 0.3) is 0 Å².